The zero-order chi connectivity index (χ0) is 16.7. The molecule has 0 saturated heterocycles. The van der Waals surface area contributed by atoms with Crippen molar-refractivity contribution in [3.8, 4) is 11.3 Å². The van der Waals surface area contributed by atoms with E-state index < -0.39 is 0 Å². The minimum Gasteiger partial charge on any atom is -0.307 e. The number of para-hydroxylation sites is 1. The molecular weight excluding hydrogens is 365 g/mol. The van der Waals surface area contributed by atoms with Crippen molar-refractivity contribution in [3.05, 3.63) is 63.5 Å². The fourth-order valence-corrected chi connectivity index (χ4v) is 3.67. The summed E-state index contributed by atoms with van der Waals surface area (Å²) in [5, 5.41) is 6.42. The highest BCUT2D eigenvalue weighted by molar-refractivity contribution is 7.14. The minimum atomic E-state index is -0.177. The third-order valence-corrected chi connectivity index (χ3v) is 5.37. The molecule has 1 aromatic heterocycles. The molecule has 2 heterocycles. The van der Waals surface area contributed by atoms with Crippen LogP contribution in [0, 0.1) is 0 Å². The normalized spacial score (nSPS) is 13.6. The van der Waals surface area contributed by atoms with Gasteiger partial charge in [-0.1, -0.05) is 47.5 Å². The molecule has 4 nitrogen and oxygen atoms in total. The number of hydrogen-bond donors (Lipinski definition) is 1. The SMILES string of the molecule is O=C1Nc2ccccc2CN1c1nc(-c2ccc(Cl)c(Cl)c2)cs1. The summed E-state index contributed by atoms with van der Waals surface area (Å²) in [5.41, 5.74) is 3.54. The van der Waals surface area contributed by atoms with Crippen molar-refractivity contribution < 1.29 is 4.79 Å². The number of halogens is 2. The van der Waals surface area contributed by atoms with Crippen molar-refractivity contribution in [1.29, 1.82) is 0 Å². The third kappa shape index (κ3) is 2.75. The van der Waals surface area contributed by atoms with Crippen molar-refractivity contribution in [3.63, 3.8) is 0 Å². The van der Waals surface area contributed by atoms with Gasteiger partial charge in [0.1, 0.15) is 0 Å². The van der Waals surface area contributed by atoms with Crippen LogP contribution in [0.5, 0.6) is 0 Å². The average Bonchev–Trinajstić information content (AvgIpc) is 3.06. The van der Waals surface area contributed by atoms with Crippen LogP contribution in [-0.2, 0) is 6.54 Å². The standard InChI is InChI=1S/C17H11Cl2N3OS/c18-12-6-5-10(7-13(12)19)15-9-24-17(21-15)22-8-11-3-1-2-4-14(11)20-16(22)23/h1-7,9H,8H2,(H,20,23). The highest BCUT2D eigenvalue weighted by Crippen LogP contribution is 2.34. The van der Waals surface area contributed by atoms with Crippen LogP contribution in [0.1, 0.15) is 5.56 Å². The molecule has 2 amide bonds. The molecule has 1 aliphatic heterocycles. The Morgan fingerprint density at radius 3 is 2.79 bits per heavy atom. The summed E-state index contributed by atoms with van der Waals surface area (Å²) in [6.07, 6.45) is 0. The maximum Gasteiger partial charge on any atom is 0.328 e. The first-order chi connectivity index (χ1) is 11.6. The number of benzene rings is 2. The van der Waals surface area contributed by atoms with Crippen LogP contribution < -0.4 is 10.2 Å². The van der Waals surface area contributed by atoms with E-state index in [1.54, 1.807) is 17.0 Å². The predicted molar refractivity (Wildman–Crippen MR) is 99.2 cm³/mol. The molecule has 0 radical (unpaired) electrons. The summed E-state index contributed by atoms with van der Waals surface area (Å²) in [6.45, 7) is 0.496. The zero-order valence-electron chi connectivity index (χ0n) is 12.3. The number of hydrogen-bond acceptors (Lipinski definition) is 3. The smallest absolute Gasteiger partial charge is 0.307 e. The summed E-state index contributed by atoms with van der Waals surface area (Å²) in [6, 6.07) is 12.9. The first-order valence-corrected chi connectivity index (χ1v) is 8.83. The van der Waals surface area contributed by atoms with E-state index in [9.17, 15) is 4.79 Å². The van der Waals surface area contributed by atoms with Gasteiger partial charge in [0.05, 0.1) is 22.3 Å². The van der Waals surface area contributed by atoms with Crippen LogP contribution in [0.2, 0.25) is 10.0 Å². The van der Waals surface area contributed by atoms with Crippen LogP contribution >= 0.6 is 34.5 Å². The highest BCUT2D eigenvalue weighted by atomic mass is 35.5. The van der Waals surface area contributed by atoms with E-state index in [4.69, 9.17) is 23.2 Å². The minimum absolute atomic E-state index is 0.177. The van der Waals surface area contributed by atoms with Crippen LogP contribution in [0.3, 0.4) is 0 Å². The number of carbonyl (C=O) groups is 1. The van der Waals surface area contributed by atoms with Gasteiger partial charge >= 0.3 is 6.03 Å². The lowest BCUT2D eigenvalue weighted by Gasteiger charge is -2.27. The molecule has 120 valence electrons. The Hall–Kier alpha value is -2.08. The van der Waals surface area contributed by atoms with E-state index in [1.807, 2.05) is 35.7 Å². The Morgan fingerprint density at radius 1 is 1.12 bits per heavy atom. The van der Waals surface area contributed by atoms with Crippen molar-refractivity contribution >= 4 is 51.4 Å². The van der Waals surface area contributed by atoms with Crippen molar-refractivity contribution in [1.82, 2.24) is 4.98 Å². The monoisotopic (exact) mass is 375 g/mol. The van der Waals surface area contributed by atoms with Gasteiger partial charge in [-0.15, -0.1) is 11.3 Å². The van der Waals surface area contributed by atoms with Crippen molar-refractivity contribution in [2.24, 2.45) is 0 Å². The van der Waals surface area contributed by atoms with Gasteiger partial charge in [-0.25, -0.2) is 9.78 Å². The molecule has 0 atom stereocenters. The molecule has 0 aliphatic carbocycles. The van der Waals surface area contributed by atoms with Gasteiger partial charge < -0.3 is 5.32 Å². The molecule has 0 saturated carbocycles. The molecule has 0 bridgehead atoms. The summed E-state index contributed by atoms with van der Waals surface area (Å²) >= 11 is 13.4. The molecule has 4 rings (SSSR count). The third-order valence-electron chi connectivity index (χ3n) is 3.77. The van der Waals surface area contributed by atoms with Gasteiger partial charge in [0.25, 0.3) is 0 Å². The molecule has 24 heavy (non-hydrogen) atoms. The summed E-state index contributed by atoms with van der Waals surface area (Å²) in [7, 11) is 0. The second-order valence-corrected chi connectivity index (χ2v) is 6.97. The van der Waals surface area contributed by atoms with Crippen molar-refractivity contribution in [2.45, 2.75) is 6.54 Å². The lowest BCUT2D eigenvalue weighted by Crippen LogP contribution is -2.38. The summed E-state index contributed by atoms with van der Waals surface area (Å²) in [4.78, 5) is 18.6. The molecule has 0 fully saturated rings. The second-order valence-electron chi connectivity index (χ2n) is 5.32. The Labute approximate surface area is 152 Å². The maximum absolute atomic E-state index is 12.3. The first-order valence-electron chi connectivity index (χ1n) is 7.19. The number of nitrogens with zero attached hydrogens (tertiary/aromatic N) is 2. The largest absolute Gasteiger partial charge is 0.328 e. The van der Waals surface area contributed by atoms with E-state index in [0.29, 0.717) is 21.7 Å². The summed E-state index contributed by atoms with van der Waals surface area (Å²) in [5.74, 6) is 0. The Kier molecular flexibility index (Phi) is 3.92. The van der Waals surface area contributed by atoms with Gasteiger partial charge in [-0.05, 0) is 23.8 Å². The first kappa shape index (κ1) is 15.4. The van der Waals surface area contributed by atoms with Crippen LogP contribution in [-0.4, -0.2) is 11.0 Å². The van der Waals surface area contributed by atoms with Gasteiger partial charge in [0.15, 0.2) is 5.13 Å². The lowest BCUT2D eigenvalue weighted by molar-refractivity contribution is 0.256. The number of anilines is 2. The second kappa shape index (κ2) is 6.09. The van der Waals surface area contributed by atoms with Crippen LogP contribution in [0.25, 0.3) is 11.3 Å². The Balaban J connectivity index is 1.65. The number of nitrogens with one attached hydrogen (secondary N) is 1. The lowest BCUT2D eigenvalue weighted by atomic mass is 10.1. The molecule has 3 aromatic rings. The van der Waals surface area contributed by atoms with Gasteiger partial charge in [-0.3, -0.25) is 4.90 Å². The summed E-state index contributed by atoms with van der Waals surface area (Å²) < 4.78 is 0. The maximum atomic E-state index is 12.3. The Morgan fingerprint density at radius 2 is 1.96 bits per heavy atom. The fourth-order valence-electron chi connectivity index (χ4n) is 2.54. The zero-order valence-corrected chi connectivity index (χ0v) is 14.6. The van der Waals surface area contributed by atoms with E-state index in [2.05, 4.69) is 10.3 Å². The van der Waals surface area contributed by atoms with Crippen LogP contribution in [0.15, 0.2) is 47.8 Å². The number of fused-ring (bicyclic) bond motifs is 1. The van der Waals surface area contributed by atoms with E-state index in [1.165, 1.54) is 11.3 Å². The van der Waals surface area contributed by atoms with E-state index in [-0.39, 0.29) is 6.03 Å². The topological polar surface area (TPSA) is 45.2 Å². The average molecular weight is 376 g/mol. The molecular formula is C17H11Cl2N3OS. The molecule has 0 unspecified atom stereocenters. The van der Waals surface area contributed by atoms with E-state index in [0.717, 1.165) is 22.5 Å². The van der Waals surface area contributed by atoms with Gasteiger partial charge in [0, 0.05) is 16.6 Å². The van der Waals surface area contributed by atoms with Crippen molar-refractivity contribution in [2.75, 3.05) is 10.2 Å². The molecule has 1 N–H and O–H groups in total. The van der Waals surface area contributed by atoms with Gasteiger partial charge in [0.2, 0.25) is 0 Å². The fraction of sp³-hybridized carbons (Fsp3) is 0.0588. The number of rotatable bonds is 2. The predicted octanol–water partition coefficient (Wildman–Crippen LogP) is 5.67. The molecule has 7 heteroatoms. The molecule has 2 aromatic carbocycles. The molecule has 0 spiro atoms. The number of aromatic nitrogens is 1. The Bertz CT molecular complexity index is 941. The highest BCUT2D eigenvalue weighted by Gasteiger charge is 2.25. The van der Waals surface area contributed by atoms with E-state index >= 15 is 0 Å². The number of urea groups is 1. The number of carbonyl (C=O) groups excluding carboxylic acids is 1. The quantitative estimate of drug-likeness (QED) is 0.626. The van der Waals surface area contributed by atoms with Gasteiger partial charge in [-0.2, -0.15) is 0 Å². The van der Waals surface area contributed by atoms with Crippen LogP contribution in [0.4, 0.5) is 15.6 Å². The number of thiazole rings is 1. The number of amides is 2. The molecule has 1 aliphatic rings.